The molecule has 1 aliphatic heterocycles. The number of rotatable bonds is 6. The Balaban J connectivity index is 1.57. The van der Waals surface area contributed by atoms with E-state index in [1.807, 2.05) is 31.2 Å². The van der Waals surface area contributed by atoms with Crippen molar-refractivity contribution in [2.75, 3.05) is 30.9 Å². The van der Waals surface area contributed by atoms with Crippen LogP contribution in [0.15, 0.2) is 59.5 Å². The summed E-state index contributed by atoms with van der Waals surface area (Å²) < 4.78 is 34.7. The third-order valence-corrected chi connectivity index (χ3v) is 9.59. The second-order valence-electron chi connectivity index (χ2n) is 9.90. The molecular formula is C28H32N4O5S. The number of sulfonamides is 1. The molecule has 0 saturated heterocycles. The fourth-order valence-corrected chi connectivity index (χ4v) is 7.46. The monoisotopic (exact) mass is 536 g/mol. The standard InChI is InChI=1S/C28H32N4O5S/c1-17-20(10-12-24(28(17)29)31(2)30)21(16-27(33)34)19-8-7-18-9-11-23(22(18)15-19)32-13-14-37-25-5-3-4-6-26(25)38(32,35)36/h3-8,10,12,15,21,23H,9,11,13-14,16,29-30H2,1-2H3,(H,33,34). The van der Waals surface area contributed by atoms with Gasteiger partial charge in [-0.1, -0.05) is 36.4 Å². The van der Waals surface area contributed by atoms with Gasteiger partial charge in [-0.2, -0.15) is 4.31 Å². The van der Waals surface area contributed by atoms with Crippen LogP contribution in [0.5, 0.6) is 5.75 Å². The summed E-state index contributed by atoms with van der Waals surface area (Å²) in [4.78, 5) is 12.1. The summed E-state index contributed by atoms with van der Waals surface area (Å²) in [5.41, 5.74) is 11.9. The number of benzene rings is 3. The van der Waals surface area contributed by atoms with Gasteiger partial charge in [0.15, 0.2) is 0 Å². The van der Waals surface area contributed by atoms with E-state index in [0.717, 1.165) is 34.2 Å². The van der Waals surface area contributed by atoms with Crippen molar-refractivity contribution in [2.45, 2.75) is 43.0 Å². The molecule has 2 atom stereocenters. The first-order valence-electron chi connectivity index (χ1n) is 12.5. The van der Waals surface area contributed by atoms with Gasteiger partial charge in [-0.05, 0) is 65.8 Å². The smallest absolute Gasteiger partial charge is 0.304 e. The largest absolute Gasteiger partial charge is 0.491 e. The molecule has 9 nitrogen and oxygen atoms in total. The van der Waals surface area contributed by atoms with E-state index in [4.69, 9.17) is 16.3 Å². The van der Waals surface area contributed by atoms with Crippen molar-refractivity contribution in [3.8, 4) is 5.75 Å². The number of ether oxygens (including phenoxy) is 1. The molecule has 0 aromatic heterocycles. The molecule has 10 heteroatoms. The number of anilines is 2. The van der Waals surface area contributed by atoms with Gasteiger partial charge in [0, 0.05) is 19.5 Å². The number of hydrogen-bond donors (Lipinski definition) is 3. The summed E-state index contributed by atoms with van der Waals surface area (Å²) in [6.07, 6.45) is 1.25. The summed E-state index contributed by atoms with van der Waals surface area (Å²) in [5.74, 6) is 4.87. The van der Waals surface area contributed by atoms with Crippen molar-refractivity contribution in [3.63, 3.8) is 0 Å². The molecule has 0 radical (unpaired) electrons. The summed E-state index contributed by atoms with van der Waals surface area (Å²) in [5, 5.41) is 11.2. The number of nitrogens with two attached hydrogens (primary N) is 2. The molecule has 5 N–H and O–H groups in total. The van der Waals surface area contributed by atoms with E-state index in [1.54, 1.807) is 37.4 Å². The Hall–Kier alpha value is -3.60. The van der Waals surface area contributed by atoms with Crippen LogP contribution < -0.4 is 21.3 Å². The van der Waals surface area contributed by atoms with Crippen LogP contribution in [0.4, 0.5) is 11.4 Å². The van der Waals surface area contributed by atoms with Crippen LogP contribution in [0.2, 0.25) is 0 Å². The molecule has 1 aliphatic carbocycles. The summed E-state index contributed by atoms with van der Waals surface area (Å²) in [7, 11) is -2.10. The topological polar surface area (TPSA) is 139 Å². The minimum atomic E-state index is -3.79. The van der Waals surface area contributed by atoms with Crippen molar-refractivity contribution in [1.29, 1.82) is 0 Å². The van der Waals surface area contributed by atoms with Crippen molar-refractivity contribution in [3.05, 3.63) is 82.4 Å². The van der Waals surface area contributed by atoms with Gasteiger partial charge in [0.05, 0.1) is 23.8 Å². The van der Waals surface area contributed by atoms with E-state index >= 15 is 0 Å². The minimum absolute atomic E-state index is 0.134. The van der Waals surface area contributed by atoms with Gasteiger partial charge >= 0.3 is 5.97 Å². The Labute approximate surface area is 222 Å². The molecule has 2 unspecified atom stereocenters. The van der Waals surface area contributed by atoms with Crippen LogP contribution >= 0.6 is 0 Å². The molecule has 0 bridgehead atoms. The number of nitrogens with zero attached hydrogens (tertiary/aromatic N) is 2. The number of nitrogen functional groups attached to an aromatic ring is 1. The molecule has 3 aromatic rings. The highest BCUT2D eigenvalue weighted by Gasteiger charge is 2.39. The number of aryl methyl sites for hydroxylation is 1. The van der Waals surface area contributed by atoms with Crippen LogP contribution in [-0.2, 0) is 21.2 Å². The Kier molecular flexibility index (Phi) is 6.81. The fraction of sp³-hybridized carbons (Fsp3) is 0.321. The van der Waals surface area contributed by atoms with Crippen LogP contribution in [0.3, 0.4) is 0 Å². The van der Waals surface area contributed by atoms with Crippen molar-refractivity contribution >= 4 is 27.4 Å². The quantitative estimate of drug-likeness (QED) is 0.247. The molecular weight excluding hydrogens is 504 g/mol. The predicted octanol–water partition coefficient (Wildman–Crippen LogP) is 3.56. The molecule has 0 saturated carbocycles. The van der Waals surface area contributed by atoms with E-state index in [1.165, 1.54) is 9.31 Å². The predicted molar refractivity (Wildman–Crippen MR) is 146 cm³/mol. The second-order valence-corrected chi connectivity index (χ2v) is 11.8. The zero-order valence-corrected chi connectivity index (χ0v) is 22.2. The van der Waals surface area contributed by atoms with Gasteiger partial charge in [-0.25, -0.2) is 14.3 Å². The van der Waals surface area contributed by atoms with Gasteiger partial charge < -0.3 is 20.6 Å². The summed E-state index contributed by atoms with van der Waals surface area (Å²) >= 11 is 0. The van der Waals surface area contributed by atoms with Crippen LogP contribution in [0.1, 0.15) is 52.6 Å². The lowest BCUT2D eigenvalue weighted by Gasteiger charge is -2.28. The van der Waals surface area contributed by atoms with Gasteiger partial charge in [0.25, 0.3) is 0 Å². The van der Waals surface area contributed by atoms with Gasteiger partial charge in [0.2, 0.25) is 10.0 Å². The Bertz CT molecular complexity index is 1510. The highest BCUT2D eigenvalue weighted by atomic mass is 32.2. The highest BCUT2D eigenvalue weighted by molar-refractivity contribution is 7.89. The van der Waals surface area contributed by atoms with Crippen LogP contribution in [-0.4, -0.2) is 44.0 Å². The molecule has 0 spiro atoms. The number of fused-ring (bicyclic) bond motifs is 2. The summed E-state index contributed by atoms with van der Waals surface area (Å²) in [6, 6.07) is 15.9. The van der Waals surface area contributed by atoms with Gasteiger partial charge in [0.1, 0.15) is 17.3 Å². The lowest BCUT2D eigenvalue weighted by atomic mass is 9.84. The third-order valence-electron chi connectivity index (χ3n) is 7.64. The number of carboxylic acids is 1. The molecule has 0 amide bonds. The first-order valence-corrected chi connectivity index (χ1v) is 14.0. The number of carboxylic acid groups (broad SMARTS) is 1. The lowest BCUT2D eigenvalue weighted by Crippen LogP contribution is -2.35. The van der Waals surface area contributed by atoms with Gasteiger partial charge in [-0.3, -0.25) is 4.79 Å². The lowest BCUT2D eigenvalue weighted by molar-refractivity contribution is -0.137. The third kappa shape index (κ3) is 4.48. The van der Waals surface area contributed by atoms with Crippen molar-refractivity contribution in [2.24, 2.45) is 5.84 Å². The maximum absolute atomic E-state index is 13.7. The molecule has 5 rings (SSSR count). The van der Waals surface area contributed by atoms with Crippen LogP contribution in [0, 0.1) is 6.92 Å². The van der Waals surface area contributed by atoms with Gasteiger partial charge in [-0.15, -0.1) is 0 Å². The Morgan fingerprint density at radius 2 is 1.97 bits per heavy atom. The van der Waals surface area contributed by atoms with E-state index in [9.17, 15) is 18.3 Å². The van der Waals surface area contributed by atoms with Crippen molar-refractivity contribution in [1.82, 2.24) is 4.31 Å². The van der Waals surface area contributed by atoms with E-state index in [2.05, 4.69) is 0 Å². The normalized spacial score (nSPS) is 19.1. The zero-order valence-electron chi connectivity index (χ0n) is 21.4. The van der Waals surface area contributed by atoms with E-state index < -0.39 is 21.9 Å². The number of carbonyl (C=O) groups is 1. The van der Waals surface area contributed by atoms with Crippen LogP contribution in [0.25, 0.3) is 0 Å². The zero-order chi connectivity index (χ0) is 27.2. The molecule has 2 aliphatic rings. The molecule has 1 heterocycles. The SMILES string of the molecule is Cc1c(C(CC(=O)O)c2ccc3c(c2)C(N2CCOc4ccccc4S2(=O)=O)CC3)ccc(N(C)N)c1N. The fourth-order valence-electron chi connectivity index (χ4n) is 5.71. The average Bonchev–Trinajstić information content (AvgIpc) is 3.23. The number of hydrogen-bond acceptors (Lipinski definition) is 7. The maximum atomic E-state index is 13.7. The van der Waals surface area contributed by atoms with E-state index in [0.29, 0.717) is 23.5 Å². The van der Waals surface area contributed by atoms with E-state index in [-0.39, 0.29) is 30.5 Å². The maximum Gasteiger partial charge on any atom is 0.304 e. The Morgan fingerprint density at radius 3 is 2.71 bits per heavy atom. The first-order chi connectivity index (χ1) is 18.1. The van der Waals surface area contributed by atoms with Crippen molar-refractivity contribution < 1.29 is 23.1 Å². The minimum Gasteiger partial charge on any atom is -0.491 e. The molecule has 3 aromatic carbocycles. The molecule has 200 valence electrons. The first kappa shape index (κ1) is 26.0. The summed E-state index contributed by atoms with van der Waals surface area (Å²) in [6.45, 7) is 2.35. The molecule has 38 heavy (non-hydrogen) atoms. The number of aliphatic carboxylic acids is 1. The second kappa shape index (κ2) is 9.94. The Morgan fingerprint density at radius 1 is 1.21 bits per heavy atom. The average molecular weight is 537 g/mol. The number of hydrazine groups is 1. The highest BCUT2D eigenvalue weighted by Crippen LogP contribution is 2.43. The number of para-hydroxylation sites is 1. The molecule has 0 fully saturated rings.